The van der Waals surface area contributed by atoms with Gasteiger partial charge in [-0.05, 0) is 73.6 Å². The van der Waals surface area contributed by atoms with Crippen LogP contribution in [0.2, 0.25) is 5.02 Å². The lowest BCUT2D eigenvalue weighted by atomic mass is 9.90. The van der Waals surface area contributed by atoms with Crippen molar-refractivity contribution in [3.63, 3.8) is 0 Å². The Hall–Kier alpha value is -2.00. The third-order valence-corrected chi connectivity index (χ3v) is 4.82. The first-order chi connectivity index (χ1) is 11.6. The quantitative estimate of drug-likeness (QED) is 0.820. The van der Waals surface area contributed by atoms with Crippen LogP contribution in [0.15, 0.2) is 36.4 Å². The van der Waals surface area contributed by atoms with E-state index in [9.17, 15) is 4.79 Å². The van der Waals surface area contributed by atoms with Crippen molar-refractivity contribution in [2.45, 2.75) is 32.6 Å². The van der Waals surface area contributed by atoms with E-state index in [1.807, 2.05) is 31.2 Å². The highest BCUT2D eigenvalue weighted by Gasteiger charge is 2.12. The molecule has 0 saturated carbocycles. The zero-order chi connectivity index (χ0) is 16.9. The molecule has 0 spiro atoms. The molecule has 3 rings (SSSR count). The SMILES string of the molecule is Cc1ccc(OCCNC(=O)c2ccc3c(c2)CCCC3)cc1Cl. The molecule has 0 aliphatic heterocycles. The number of carbonyl (C=O) groups is 1. The maximum absolute atomic E-state index is 12.3. The second kappa shape index (κ2) is 7.71. The first kappa shape index (κ1) is 16.8. The molecule has 2 aromatic rings. The lowest BCUT2D eigenvalue weighted by Gasteiger charge is -2.16. The Morgan fingerprint density at radius 3 is 2.71 bits per heavy atom. The molecule has 1 aliphatic carbocycles. The summed E-state index contributed by atoms with van der Waals surface area (Å²) in [7, 11) is 0. The van der Waals surface area contributed by atoms with Crippen molar-refractivity contribution in [2.24, 2.45) is 0 Å². The summed E-state index contributed by atoms with van der Waals surface area (Å²) in [6, 6.07) is 11.6. The number of halogens is 1. The minimum atomic E-state index is -0.0473. The molecule has 2 aromatic carbocycles. The van der Waals surface area contributed by atoms with Gasteiger partial charge in [0.25, 0.3) is 5.91 Å². The molecule has 0 radical (unpaired) electrons. The number of fused-ring (bicyclic) bond motifs is 1. The fraction of sp³-hybridized carbons (Fsp3) is 0.350. The number of hydrogen-bond acceptors (Lipinski definition) is 2. The number of rotatable bonds is 5. The zero-order valence-electron chi connectivity index (χ0n) is 13.9. The molecule has 0 unspecified atom stereocenters. The predicted octanol–water partition coefficient (Wildman–Crippen LogP) is 4.34. The third-order valence-electron chi connectivity index (χ3n) is 4.41. The van der Waals surface area contributed by atoms with E-state index in [4.69, 9.17) is 16.3 Å². The highest BCUT2D eigenvalue weighted by molar-refractivity contribution is 6.31. The second-order valence-electron chi connectivity index (χ2n) is 6.21. The molecule has 4 heteroatoms. The van der Waals surface area contributed by atoms with Crippen molar-refractivity contribution in [1.29, 1.82) is 0 Å². The molecular weight excluding hydrogens is 322 g/mol. The number of hydrogen-bond donors (Lipinski definition) is 1. The third kappa shape index (κ3) is 4.09. The van der Waals surface area contributed by atoms with Crippen LogP contribution >= 0.6 is 11.6 Å². The van der Waals surface area contributed by atoms with Gasteiger partial charge in [-0.3, -0.25) is 4.79 Å². The lowest BCUT2D eigenvalue weighted by Crippen LogP contribution is -2.28. The van der Waals surface area contributed by atoms with Crippen molar-refractivity contribution in [3.05, 3.63) is 63.7 Å². The lowest BCUT2D eigenvalue weighted by molar-refractivity contribution is 0.0947. The Morgan fingerprint density at radius 2 is 1.92 bits per heavy atom. The van der Waals surface area contributed by atoms with Gasteiger partial charge in [0.05, 0.1) is 6.54 Å². The van der Waals surface area contributed by atoms with Gasteiger partial charge in [0.2, 0.25) is 0 Å². The largest absolute Gasteiger partial charge is 0.492 e. The van der Waals surface area contributed by atoms with Crippen LogP contribution < -0.4 is 10.1 Å². The van der Waals surface area contributed by atoms with E-state index in [1.54, 1.807) is 6.07 Å². The number of carbonyl (C=O) groups excluding carboxylic acids is 1. The van der Waals surface area contributed by atoms with Crippen LogP contribution in [0.25, 0.3) is 0 Å². The van der Waals surface area contributed by atoms with Gasteiger partial charge in [0, 0.05) is 10.6 Å². The monoisotopic (exact) mass is 343 g/mol. The molecule has 0 saturated heterocycles. The predicted molar refractivity (Wildman–Crippen MR) is 97.1 cm³/mol. The van der Waals surface area contributed by atoms with Crippen LogP contribution in [-0.2, 0) is 12.8 Å². The van der Waals surface area contributed by atoms with Crippen LogP contribution in [0.1, 0.15) is 39.9 Å². The van der Waals surface area contributed by atoms with E-state index >= 15 is 0 Å². The van der Waals surface area contributed by atoms with Crippen LogP contribution in [-0.4, -0.2) is 19.1 Å². The van der Waals surface area contributed by atoms with Crippen LogP contribution in [0.4, 0.5) is 0 Å². The Balaban J connectivity index is 1.49. The summed E-state index contributed by atoms with van der Waals surface area (Å²) in [6.07, 6.45) is 4.67. The maximum atomic E-state index is 12.3. The van der Waals surface area contributed by atoms with Crippen molar-refractivity contribution in [3.8, 4) is 5.75 Å². The fourth-order valence-corrected chi connectivity index (χ4v) is 3.14. The number of benzene rings is 2. The number of aryl methyl sites for hydroxylation is 3. The highest BCUT2D eigenvalue weighted by Crippen LogP contribution is 2.23. The summed E-state index contributed by atoms with van der Waals surface area (Å²) in [5.41, 5.74) is 4.45. The van der Waals surface area contributed by atoms with E-state index in [1.165, 1.54) is 24.0 Å². The van der Waals surface area contributed by atoms with E-state index in [-0.39, 0.29) is 5.91 Å². The minimum Gasteiger partial charge on any atom is -0.492 e. The smallest absolute Gasteiger partial charge is 0.251 e. The van der Waals surface area contributed by atoms with Gasteiger partial charge in [-0.15, -0.1) is 0 Å². The average molecular weight is 344 g/mol. The molecular formula is C20H22ClNO2. The normalized spacial score (nSPS) is 13.2. The number of nitrogens with one attached hydrogen (secondary N) is 1. The second-order valence-corrected chi connectivity index (χ2v) is 6.61. The summed E-state index contributed by atoms with van der Waals surface area (Å²) >= 11 is 6.07. The summed E-state index contributed by atoms with van der Waals surface area (Å²) in [5, 5.41) is 3.59. The van der Waals surface area contributed by atoms with Crippen molar-refractivity contribution in [1.82, 2.24) is 5.32 Å². The van der Waals surface area contributed by atoms with Crippen LogP contribution in [0.3, 0.4) is 0 Å². The van der Waals surface area contributed by atoms with E-state index in [2.05, 4.69) is 11.4 Å². The van der Waals surface area contributed by atoms with Gasteiger partial charge in [0.15, 0.2) is 0 Å². The van der Waals surface area contributed by atoms with Crippen molar-refractivity contribution in [2.75, 3.05) is 13.2 Å². The van der Waals surface area contributed by atoms with Gasteiger partial charge in [0.1, 0.15) is 12.4 Å². The Kier molecular flexibility index (Phi) is 5.41. The fourth-order valence-electron chi connectivity index (χ4n) is 2.97. The van der Waals surface area contributed by atoms with Gasteiger partial charge in [-0.25, -0.2) is 0 Å². The van der Waals surface area contributed by atoms with Gasteiger partial charge in [-0.2, -0.15) is 0 Å². The molecule has 1 N–H and O–H groups in total. The van der Waals surface area contributed by atoms with E-state index in [0.717, 1.165) is 24.0 Å². The Labute approximate surface area is 148 Å². The number of ether oxygens (including phenoxy) is 1. The topological polar surface area (TPSA) is 38.3 Å². The van der Waals surface area contributed by atoms with E-state index in [0.29, 0.717) is 23.9 Å². The molecule has 1 amide bonds. The van der Waals surface area contributed by atoms with E-state index < -0.39 is 0 Å². The molecule has 0 bridgehead atoms. The first-order valence-corrected chi connectivity index (χ1v) is 8.80. The summed E-state index contributed by atoms with van der Waals surface area (Å²) in [4.78, 5) is 12.3. The van der Waals surface area contributed by atoms with Crippen LogP contribution in [0.5, 0.6) is 5.75 Å². The Morgan fingerprint density at radius 1 is 1.12 bits per heavy atom. The first-order valence-electron chi connectivity index (χ1n) is 8.42. The molecule has 0 atom stereocenters. The minimum absolute atomic E-state index is 0.0473. The highest BCUT2D eigenvalue weighted by atomic mass is 35.5. The summed E-state index contributed by atoms with van der Waals surface area (Å²) in [5.74, 6) is 0.669. The number of amides is 1. The molecule has 126 valence electrons. The Bertz CT molecular complexity index is 742. The van der Waals surface area contributed by atoms with Gasteiger partial charge < -0.3 is 10.1 Å². The summed E-state index contributed by atoms with van der Waals surface area (Å²) < 4.78 is 5.62. The molecule has 1 aliphatic rings. The van der Waals surface area contributed by atoms with Crippen molar-refractivity contribution < 1.29 is 9.53 Å². The maximum Gasteiger partial charge on any atom is 0.251 e. The standard InChI is InChI=1S/C20H22ClNO2/c1-14-6-9-18(13-19(14)21)24-11-10-22-20(23)17-8-7-15-4-2-3-5-16(15)12-17/h6-9,12-13H,2-5,10-11H2,1H3,(H,22,23). The molecule has 0 aromatic heterocycles. The molecule has 24 heavy (non-hydrogen) atoms. The van der Waals surface area contributed by atoms with Crippen LogP contribution in [0, 0.1) is 6.92 Å². The molecule has 0 heterocycles. The van der Waals surface area contributed by atoms with Gasteiger partial charge >= 0.3 is 0 Å². The molecule has 3 nitrogen and oxygen atoms in total. The average Bonchev–Trinajstić information content (AvgIpc) is 2.61. The molecule has 0 fully saturated rings. The van der Waals surface area contributed by atoms with Crippen molar-refractivity contribution >= 4 is 17.5 Å². The van der Waals surface area contributed by atoms with Gasteiger partial charge in [-0.1, -0.05) is 23.7 Å². The zero-order valence-corrected chi connectivity index (χ0v) is 14.7. The summed E-state index contributed by atoms with van der Waals surface area (Å²) in [6.45, 7) is 2.82.